The van der Waals surface area contributed by atoms with Crippen LogP contribution in [0.25, 0.3) is 10.9 Å². The van der Waals surface area contributed by atoms with E-state index in [-0.39, 0.29) is 0 Å². The highest BCUT2D eigenvalue weighted by Crippen LogP contribution is 2.16. The van der Waals surface area contributed by atoms with Crippen molar-refractivity contribution in [3.63, 3.8) is 0 Å². The molecule has 0 spiro atoms. The zero-order valence-corrected chi connectivity index (χ0v) is 10.5. The fraction of sp³-hybridized carbons (Fsp3) is 0.400. The molecule has 2 N–H and O–H groups in total. The molecule has 1 aliphatic rings. The molecule has 18 heavy (non-hydrogen) atoms. The van der Waals surface area contributed by atoms with Crippen LogP contribution in [0.4, 0.5) is 0 Å². The minimum Gasteiger partial charge on any atom is -0.327 e. The highest BCUT2D eigenvalue weighted by molar-refractivity contribution is 5.78. The van der Waals surface area contributed by atoms with E-state index in [4.69, 9.17) is 5.73 Å². The largest absolute Gasteiger partial charge is 0.327 e. The standard InChI is InChI=1S/C15H19N3/c16-14-5-3-7-18(11-14)10-12-8-13-4-1-2-6-15(13)17-9-12/h1-2,4,6,8-9,14H,3,5,7,10-11,16H2/t14-/m1/s1. The number of nitrogens with zero attached hydrogens (tertiary/aromatic N) is 2. The fourth-order valence-electron chi connectivity index (χ4n) is 2.70. The number of likely N-dealkylation sites (tertiary alicyclic amines) is 1. The van der Waals surface area contributed by atoms with Crippen LogP contribution in [0.2, 0.25) is 0 Å². The van der Waals surface area contributed by atoms with E-state index in [2.05, 4.69) is 34.1 Å². The summed E-state index contributed by atoms with van der Waals surface area (Å²) in [6.07, 6.45) is 4.36. The second-order valence-corrected chi connectivity index (χ2v) is 5.17. The number of para-hydroxylation sites is 1. The zero-order chi connectivity index (χ0) is 12.4. The molecule has 0 bridgehead atoms. The topological polar surface area (TPSA) is 42.1 Å². The number of hydrogen-bond acceptors (Lipinski definition) is 3. The van der Waals surface area contributed by atoms with Crippen LogP contribution in [0.5, 0.6) is 0 Å². The van der Waals surface area contributed by atoms with E-state index in [9.17, 15) is 0 Å². The van der Waals surface area contributed by atoms with Gasteiger partial charge in [0.25, 0.3) is 0 Å². The molecule has 1 aliphatic heterocycles. The second-order valence-electron chi connectivity index (χ2n) is 5.17. The maximum atomic E-state index is 6.01. The van der Waals surface area contributed by atoms with Crippen LogP contribution in [0, 0.1) is 0 Å². The lowest BCUT2D eigenvalue weighted by atomic mass is 10.1. The number of benzene rings is 1. The van der Waals surface area contributed by atoms with Crippen molar-refractivity contribution in [2.75, 3.05) is 13.1 Å². The molecule has 3 heteroatoms. The number of nitrogens with two attached hydrogens (primary N) is 1. The molecule has 1 aromatic carbocycles. The summed E-state index contributed by atoms with van der Waals surface area (Å²) >= 11 is 0. The predicted molar refractivity (Wildman–Crippen MR) is 74.2 cm³/mol. The summed E-state index contributed by atoms with van der Waals surface area (Å²) in [4.78, 5) is 6.94. The molecule has 2 heterocycles. The molecular weight excluding hydrogens is 222 g/mol. The summed E-state index contributed by atoms with van der Waals surface area (Å²) in [7, 11) is 0. The first kappa shape index (κ1) is 11.6. The molecule has 1 atom stereocenters. The van der Waals surface area contributed by atoms with Gasteiger partial charge in [0.15, 0.2) is 0 Å². The third kappa shape index (κ3) is 2.52. The van der Waals surface area contributed by atoms with Gasteiger partial charge in [-0.05, 0) is 37.1 Å². The monoisotopic (exact) mass is 241 g/mol. The summed E-state index contributed by atoms with van der Waals surface area (Å²) in [6, 6.07) is 10.8. The second kappa shape index (κ2) is 5.04. The Morgan fingerprint density at radius 1 is 1.33 bits per heavy atom. The average molecular weight is 241 g/mol. The van der Waals surface area contributed by atoms with E-state index < -0.39 is 0 Å². The molecule has 1 saturated heterocycles. The van der Waals surface area contributed by atoms with Crippen molar-refractivity contribution in [3.05, 3.63) is 42.1 Å². The van der Waals surface area contributed by atoms with Crippen molar-refractivity contribution in [1.82, 2.24) is 9.88 Å². The van der Waals surface area contributed by atoms with Gasteiger partial charge in [0.05, 0.1) is 5.52 Å². The lowest BCUT2D eigenvalue weighted by Crippen LogP contribution is -2.42. The quantitative estimate of drug-likeness (QED) is 0.876. The predicted octanol–water partition coefficient (Wildman–Crippen LogP) is 2.16. The lowest BCUT2D eigenvalue weighted by Gasteiger charge is -2.30. The molecule has 0 amide bonds. The third-order valence-electron chi connectivity index (χ3n) is 3.60. The Labute approximate surface area is 108 Å². The summed E-state index contributed by atoms with van der Waals surface area (Å²) in [5.41, 5.74) is 8.36. The summed E-state index contributed by atoms with van der Waals surface area (Å²) in [5, 5.41) is 1.22. The number of rotatable bonds is 2. The van der Waals surface area contributed by atoms with Crippen LogP contribution in [0.1, 0.15) is 18.4 Å². The molecule has 94 valence electrons. The Hall–Kier alpha value is -1.45. The van der Waals surface area contributed by atoms with Gasteiger partial charge in [0.1, 0.15) is 0 Å². The van der Waals surface area contributed by atoms with Gasteiger partial charge in [-0.25, -0.2) is 0 Å². The zero-order valence-electron chi connectivity index (χ0n) is 10.5. The Kier molecular flexibility index (Phi) is 3.26. The van der Waals surface area contributed by atoms with Crippen molar-refractivity contribution in [2.24, 2.45) is 5.73 Å². The Morgan fingerprint density at radius 3 is 3.11 bits per heavy atom. The van der Waals surface area contributed by atoms with Crippen LogP contribution in [-0.2, 0) is 6.54 Å². The minimum absolute atomic E-state index is 0.340. The minimum atomic E-state index is 0.340. The molecule has 3 nitrogen and oxygen atoms in total. The van der Waals surface area contributed by atoms with E-state index >= 15 is 0 Å². The number of fused-ring (bicyclic) bond motifs is 1. The van der Waals surface area contributed by atoms with Gasteiger partial charge < -0.3 is 5.73 Å². The number of aromatic nitrogens is 1. The van der Waals surface area contributed by atoms with Gasteiger partial charge in [-0.2, -0.15) is 0 Å². The molecule has 0 saturated carbocycles. The lowest BCUT2D eigenvalue weighted by molar-refractivity contribution is 0.201. The summed E-state index contributed by atoms with van der Waals surface area (Å²) in [6.45, 7) is 3.12. The first-order chi connectivity index (χ1) is 8.81. The van der Waals surface area contributed by atoms with E-state index in [1.807, 2.05) is 12.3 Å². The molecule has 0 aliphatic carbocycles. The van der Waals surface area contributed by atoms with Gasteiger partial charge in [0.2, 0.25) is 0 Å². The maximum absolute atomic E-state index is 6.01. The van der Waals surface area contributed by atoms with Crippen molar-refractivity contribution in [3.8, 4) is 0 Å². The number of hydrogen-bond donors (Lipinski definition) is 1. The van der Waals surface area contributed by atoms with E-state index in [1.54, 1.807) is 0 Å². The van der Waals surface area contributed by atoms with Crippen molar-refractivity contribution in [1.29, 1.82) is 0 Å². The van der Waals surface area contributed by atoms with Crippen molar-refractivity contribution in [2.45, 2.75) is 25.4 Å². The van der Waals surface area contributed by atoms with Crippen LogP contribution in [0.3, 0.4) is 0 Å². The smallest absolute Gasteiger partial charge is 0.0702 e. The highest BCUT2D eigenvalue weighted by atomic mass is 15.1. The fourth-order valence-corrected chi connectivity index (χ4v) is 2.70. The Bertz CT molecular complexity index is 538. The van der Waals surface area contributed by atoms with Gasteiger partial charge in [-0.1, -0.05) is 18.2 Å². The molecule has 0 radical (unpaired) electrons. The first-order valence-corrected chi connectivity index (χ1v) is 6.63. The number of piperidine rings is 1. The number of pyridine rings is 1. The average Bonchev–Trinajstić information content (AvgIpc) is 2.39. The van der Waals surface area contributed by atoms with Crippen LogP contribution in [0.15, 0.2) is 36.5 Å². The van der Waals surface area contributed by atoms with Crippen molar-refractivity contribution < 1.29 is 0 Å². The van der Waals surface area contributed by atoms with Gasteiger partial charge in [-0.3, -0.25) is 9.88 Å². The van der Waals surface area contributed by atoms with E-state index in [0.29, 0.717) is 6.04 Å². The van der Waals surface area contributed by atoms with Crippen molar-refractivity contribution >= 4 is 10.9 Å². The maximum Gasteiger partial charge on any atom is 0.0702 e. The molecule has 3 rings (SSSR count). The molecule has 1 aromatic heterocycles. The normalized spacial score (nSPS) is 21.3. The van der Waals surface area contributed by atoms with Crippen LogP contribution < -0.4 is 5.73 Å². The third-order valence-corrected chi connectivity index (χ3v) is 3.60. The molecular formula is C15H19N3. The Morgan fingerprint density at radius 2 is 2.22 bits per heavy atom. The summed E-state index contributed by atoms with van der Waals surface area (Å²) in [5.74, 6) is 0. The van der Waals surface area contributed by atoms with E-state index in [0.717, 1.165) is 31.6 Å². The molecule has 1 fully saturated rings. The van der Waals surface area contributed by atoms with Crippen LogP contribution in [-0.4, -0.2) is 29.0 Å². The highest BCUT2D eigenvalue weighted by Gasteiger charge is 2.16. The van der Waals surface area contributed by atoms with Gasteiger partial charge >= 0.3 is 0 Å². The molecule has 0 unspecified atom stereocenters. The summed E-state index contributed by atoms with van der Waals surface area (Å²) < 4.78 is 0. The van der Waals surface area contributed by atoms with Gasteiger partial charge in [0, 0.05) is 30.7 Å². The van der Waals surface area contributed by atoms with Gasteiger partial charge in [-0.15, -0.1) is 0 Å². The SMILES string of the molecule is N[C@@H]1CCCN(Cc2cnc3ccccc3c2)C1. The Balaban J connectivity index is 1.78. The molecule has 2 aromatic rings. The van der Waals surface area contributed by atoms with Crippen LogP contribution >= 0.6 is 0 Å². The first-order valence-electron chi connectivity index (χ1n) is 6.63. The van der Waals surface area contributed by atoms with E-state index in [1.165, 1.54) is 17.4 Å².